The summed E-state index contributed by atoms with van der Waals surface area (Å²) in [5, 5.41) is 8.65. The van der Waals surface area contributed by atoms with Crippen molar-refractivity contribution in [2.24, 2.45) is 0 Å². The molecule has 215 valence electrons. The monoisotopic (exact) mass is 514 g/mol. The first-order chi connectivity index (χ1) is 18.4. The molecule has 0 atom stereocenters. The maximum absolute atomic E-state index is 8.65. The highest BCUT2D eigenvalue weighted by molar-refractivity contribution is 4.96. The molecule has 0 spiro atoms. The van der Waals surface area contributed by atoms with Crippen LogP contribution in [-0.2, 0) is 0 Å². The minimum Gasteiger partial charge on any atom is -0.390 e. The van der Waals surface area contributed by atoms with Gasteiger partial charge in [0.05, 0.1) is 6.61 Å². The molecule has 0 aliphatic carbocycles. The Morgan fingerprint density at radius 1 is 0.405 bits per heavy atom. The van der Waals surface area contributed by atoms with Gasteiger partial charge in [-0.15, -0.1) is 0 Å². The first-order valence-corrected chi connectivity index (χ1v) is 16.5. The fourth-order valence-corrected chi connectivity index (χ4v) is 4.78. The number of rotatable bonds is 31. The second-order valence-corrected chi connectivity index (χ2v) is 10.9. The molecule has 3 radical (unpaired) electrons. The highest BCUT2D eigenvalue weighted by Gasteiger charge is 1.96. The Labute approximate surface area is 234 Å². The summed E-state index contributed by atoms with van der Waals surface area (Å²) in [5.74, 6) is 0. The van der Waals surface area contributed by atoms with Crippen molar-refractivity contribution in [1.29, 1.82) is 0 Å². The van der Waals surface area contributed by atoms with Crippen LogP contribution in [0.4, 0.5) is 0 Å². The summed E-state index contributed by atoms with van der Waals surface area (Å²) < 4.78 is 0. The topological polar surface area (TPSA) is 20.2 Å². The standard InChI is InChI=1S/C36H65O/c1-2-3-4-5-6-7-8-9-10-11-12-13-14-15-16-17-18-19-20-21-22-23-24-25-26-27-28-29-30-31-32-33-34-35-36-37/h3-4,6-7,9-10,36-37H,2,5,8,11-18,20-35H2,1H3/b4-3-,7-6-,10-9-. The molecule has 0 fully saturated rings. The van der Waals surface area contributed by atoms with Crippen LogP contribution in [0.5, 0.6) is 0 Å². The molecular formula is C36H65O. The lowest BCUT2D eigenvalue weighted by Crippen LogP contribution is -1.85. The molecule has 0 aromatic heterocycles. The Balaban J connectivity index is 3.09. The van der Waals surface area contributed by atoms with E-state index in [0.29, 0.717) is 0 Å². The molecule has 37 heavy (non-hydrogen) atoms. The largest absolute Gasteiger partial charge is 0.390 e. The van der Waals surface area contributed by atoms with E-state index in [9.17, 15) is 0 Å². The SMILES string of the molecule is CC/C=C\C/C=C\C/C=C\CCCCCCCC[C]CCCCCCCCCCCCCCCC[CH]O. The number of unbranched alkanes of at least 4 members (excludes halogenated alkanes) is 24. The lowest BCUT2D eigenvalue weighted by atomic mass is 10.0. The van der Waals surface area contributed by atoms with Gasteiger partial charge in [-0.3, -0.25) is 0 Å². The zero-order valence-corrected chi connectivity index (χ0v) is 25.1. The van der Waals surface area contributed by atoms with E-state index in [1.807, 2.05) is 0 Å². The molecule has 0 heterocycles. The first kappa shape index (κ1) is 36.2. The lowest BCUT2D eigenvalue weighted by Gasteiger charge is -2.04. The maximum atomic E-state index is 8.65. The summed E-state index contributed by atoms with van der Waals surface area (Å²) in [7, 11) is 0. The Morgan fingerprint density at radius 3 is 1.19 bits per heavy atom. The van der Waals surface area contributed by atoms with Gasteiger partial charge in [-0.25, -0.2) is 0 Å². The number of aliphatic hydroxyl groups excluding tert-OH is 1. The van der Waals surface area contributed by atoms with Crippen LogP contribution in [0, 0.1) is 13.0 Å². The minimum absolute atomic E-state index is 0.868. The Morgan fingerprint density at radius 2 is 0.757 bits per heavy atom. The van der Waals surface area contributed by atoms with E-state index in [4.69, 9.17) is 5.11 Å². The second kappa shape index (κ2) is 35.2. The third-order valence-electron chi connectivity index (χ3n) is 7.19. The smallest absolute Gasteiger partial charge is 0.0799 e. The van der Waals surface area contributed by atoms with Gasteiger partial charge in [0.25, 0.3) is 0 Å². The number of allylic oxidation sites excluding steroid dienone is 6. The quantitative estimate of drug-likeness (QED) is 0.0721. The molecule has 0 saturated heterocycles. The van der Waals surface area contributed by atoms with Gasteiger partial charge < -0.3 is 5.11 Å². The number of hydrogen-bond acceptors (Lipinski definition) is 1. The second-order valence-electron chi connectivity index (χ2n) is 10.9. The number of hydrogen-bond donors (Lipinski definition) is 1. The van der Waals surface area contributed by atoms with Gasteiger partial charge in [-0.2, -0.15) is 0 Å². The highest BCUT2D eigenvalue weighted by atomic mass is 16.2. The zero-order chi connectivity index (χ0) is 26.7. The van der Waals surface area contributed by atoms with Crippen molar-refractivity contribution in [2.45, 2.75) is 180 Å². The van der Waals surface area contributed by atoms with Crippen LogP contribution in [-0.4, -0.2) is 5.11 Å². The van der Waals surface area contributed by atoms with Gasteiger partial charge in [-0.05, 0) is 57.8 Å². The van der Waals surface area contributed by atoms with Crippen LogP contribution >= 0.6 is 0 Å². The summed E-state index contributed by atoms with van der Waals surface area (Å²) >= 11 is 0. The third kappa shape index (κ3) is 35.2. The zero-order valence-electron chi connectivity index (χ0n) is 25.1. The minimum atomic E-state index is 0.868. The molecule has 1 N–H and O–H groups in total. The van der Waals surface area contributed by atoms with Crippen molar-refractivity contribution in [2.75, 3.05) is 0 Å². The Kier molecular flexibility index (Phi) is 34.4. The van der Waals surface area contributed by atoms with Crippen LogP contribution in [0.15, 0.2) is 36.5 Å². The van der Waals surface area contributed by atoms with Crippen LogP contribution in [0.25, 0.3) is 0 Å². The van der Waals surface area contributed by atoms with Crippen LogP contribution in [0.3, 0.4) is 0 Å². The van der Waals surface area contributed by atoms with Gasteiger partial charge in [0.15, 0.2) is 0 Å². The summed E-state index contributed by atoms with van der Waals surface area (Å²) in [6, 6.07) is 0. The Hall–Kier alpha value is -0.820. The fraction of sp³-hybridized carbons (Fsp3) is 0.778. The fourth-order valence-electron chi connectivity index (χ4n) is 4.78. The van der Waals surface area contributed by atoms with E-state index in [2.05, 4.69) is 49.8 Å². The van der Waals surface area contributed by atoms with Crippen molar-refractivity contribution in [3.8, 4) is 0 Å². The predicted molar refractivity (Wildman–Crippen MR) is 167 cm³/mol. The maximum Gasteiger partial charge on any atom is 0.0799 e. The Bertz CT molecular complexity index is 475. The molecule has 0 saturated carbocycles. The predicted octanol–water partition coefficient (Wildman–Crippen LogP) is 12.8. The van der Waals surface area contributed by atoms with Crippen molar-refractivity contribution in [3.63, 3.8) is 0 Å². The molecule has 0 rings (SSSR count). The first-order valence-electron chi connectivity index (χ1n) is 16.5. The van der Waals surface area contributed by atoms with Crippen LogP contribution in [0.1, 0.15) is 180 Å². The van der Waals surface area contributed by atoms with E-state index in [1.165, 1.54) is 148 Å². The van der Waals surface area contributed by atoms with E-state index in [0.717, 1.165) is 32.1 Å². The molecule has 0 unspecified atom stereocenters. The number of aliphatic hydroxyl groups is 1. The third-order valence-corrected chi connectivity index (χ3v) is 7.19. The molecule has 0 bridgehead atoms. The molecule has 1 nitrogen and oxygen atoms in total. The summed E-state index contributed by atoms with van der Waals surface area (Å²) in [6.45, 7) is 3.48. The van der Waals surface area contributed by atoms with Gasteiger partial charge in [-0.1, -0.05) is 165 Å². The van der Waals surface area contributed by atoms with Crippen molar-refractivity contribution >= 4 is 0 Å². The van der Waals surface area contributed by atoms with Gasteiger partial charge in [0.1, 0.15) is 0 Å². The lowest BCUT2D eigenvalue weighted by molar-refractivity contribution is 0.367. The molecule has 0 aromatic carbocycles. The average Bonchev–Trinajstić information content (AvgIpc) is 2.91. The average molecular weight is 514 g/mol. The van der Waals surface area contributed by atoms with Crippen LogP contribution in [0.2, 0.25) is 0 Å². The van der Waals surface area contributed by atoms with Crippen molar-refractivity contribution in [3.05, 3.63) is 49.5 Å². The molecule has 0 aromatic rings. The summed E-state index contributed by atoms with van der Waals surface area (Å²) in [6.07, 6.45) is 52.9. The van der Waals surface area contributed by atoms with E-state index in [-0.39, 0.29) is 0 Å². The molecule has 0 amide bonds. The van der Waals surface area contributed by atoms with Crippen molar-refractivity contribution < 1.29 is 5.11 Å². The van der Waals surface area contributed by atoms with Gasteiger partial charge in [0, 0.05) is 0 Å². The van der Waals surface area contributed by atoms with Gasteiger partial charge in [0.2, 0.25) is 0 Å². The molecule has 1 heteroatoms. The molecule has 0 aliphatic rings. The van der Waals surface area contributed by atoms with Gasteiger partial charge >= 0.3 is 0 Å². The van der Waals surface area contributed by atoms with E-state index < -0.39 is 0 Å². The van der Waals surface area contributed by atoms with E-state index >= 15 is 0 Å². The highest BCUT2D eigenvalue weighted by Crippen LogP contribution is 2.15. The normalized spacial score (nSPS) is 12.2. The van der Waals surface area contributed by atoms with Crippen LogP contribution < -0.4 is 0 Å². The molecule has 0 aliphatic heterocycles. The van der Waals surface area contributed by atoms with Crippen molar-refractivity contribution in [1.82, 2.24) is 0 Å². The van der Waals surface area contributed by atoms with E-state index in [1.54, 1.807) is 0 Å². The summed E-state index contributed by atoms with van der Waals surface area (Å²) in [5.41, 5.74) is 0. The molecular weight excluding hydrogens is 448 g/mol. The summed E-state index contributed by atoms with van der Waals surface area (Å²) in [4.78, 5) is 0.